The quantitative estimate of drug-likeness (QED) is 0.889. The van der Waals surface area contributed by atoms with Crippen molar-refractivity contribution in [3.05, 3.63) is 64.7 Å². The maximum absolute atomic E-state index is 12.1. The molecule has 0 unspecified atom stereocenters. The van der Waals surface area contributed by atoms with E-state index in [0.29, 0.717) is 13.0 Å². The molecule has 0 saturated heterocycles. The summed E-state index contributed by atoms with van der Waals surface area (Å²) >= 11 is 0. The molecule has 2 N–H and O–H groups in total. The lowest BCUT2D eigenvalue weighted by molar-refractivity contribution is -0.120. The van der Waals surface area contributed by atoms with Crippen molar-refractivity contribution in [3.8, 4) is 5.75 Å². The summed E-state index contributed by atoms with van der Waals surface area (Å²) in [6.07, 6.45) is 0.365. The van der Waals surface area contributed by atoms with Crippen molar-refractivity contribution >= 4 is 5.91 Å². The van der Waals surface area contributed by atoms with Crippen molar-refractivity contribution in [3.63, 3.8) is 0 Å². The van der Waals surface area contributed by atoms with Crippen LogP contribution in [-0.4, -0.2) is 13.0 Å². The molecule has 0 saturated carbocycles. The molecule has 2 aromatic carbocycles. The summed E-state index contributed by atoms with van der Waals surface area (Å²) in [5.74, 6) is 0.795. The van der Waals surface area contributed by atoms with Crippen LogP contribution >= 0.6 is 0 Å². The molecule has 1 aliphatic heterocycles. The fourth-order valence-corrected chi connectivity index (χ4v) is 2.69. The molecule has 1 aliphatic rings. The highest BCUT2D eigenvalue weighted by molar-refractivity contribution is 5.78. The van der Waals surface area contributed by atoms with E-state index in [0.717, 1.165) is 30.0 Å². The van der Waals surface area contributed by atoms with Crippen molar-refractivity contribution in [2.75, 3.05) is 7.11 Å². The average molecular weight is 296 g/mol. The molecule has 4 heteroatoms. The lowest BCUT2D eigenvalue weighted by Gasteiger charge is -2.08. The molecule has 0 radical (unpaired) electrons. The molecule has 0 bridgehead atoms. The molecule has 0 aliphatic carbocycles. The minimum absolute atomic E-state index is 0.0203. The third-order valence-corrected chi connectivity index (χ3v) is 3.89. The number of ether oxygens (including phenoxy) is 1. The summed E-state index contributed by atoms with van der Waals surface area (Å²) in [6, 6.07) is 14.0. The Morgan fingerprint density at radius 1 is 1.14 bits per heavy atom. The molecule has 22 heavy (non-hydrogen) atoms. The zero-order valence-electron chi connectivity index (χ0n) is 12.7. The topological polar surface area (TPSA) is 50.4 Å². The lowest BCUT2D eigenvalue weighted by Crippen LogP contribution is -2.24. The molecule has 0 aromatic heterocycles. The first-order valence-electron chi connectivity index (χ1n) is 7.45. The Bertz CT molecular complexity index is 683. The average Bonchev–Trinajstić information content (AvgIpc) is 3.00. The minimum atomic E-state index is 0.0203. The van der Waals surface area contributed by atoms with Crippen LogP contribution < -0.4 is 15.4 Å². The molecule has 0 fully saturated rings. The second kappa shape index (κ2) is 6.62. The number of hydrogen-bond acceptors (Lipinski definition) is 3. The number of carbonyl (C=O) groups excluding carboxylic acids is 1. The molecule has 2 aromatic rings. The number of benzene rings is 2. The number of fused-ring (bicyclic) bond motifs is 1. The molecule has 114 valence electrons. The predicted molar refractivity (Wildman–Crippen MR) is 85.5 cm³/mol. The zero-order valence-corrected chi connectivity index (χ0v) is 12.7. The number of nitrogens with one attached hydrogen (secondary N) is 2. The smallest absolute Gasteiger partial charge is 0.224 e. The zero-order chi connectivity index (χ0) is 15.4. The standard InChI is InChI=1S/C18H20N2O2/c1-22-17-4-2-3-13(8-17)9-18(21)20-10-14-5-6-15-11-19-12-16(15)7-14/h2-8,19H,9-12H2,1H3,(H,20,21). The SMILES string of the molecule is COc1cccc(CC(=O)NCc2ccc3c(c2)CNC3)c1. The van der Waals surface area contributed by atoms with E-state index < -0.39 is 0 Å². The van der Waals surface area contributed by atoms with Gasteiger partial charge < -0.3 is 15.4 Å². The van der Waals surface area contributed by atoms with Gasteiger partial charge in [-0.2, -0.15) is 0 Å². The van der Waals surface area contributed by atoms with Crippen LogP contribution in [0.25, 0.3) is 0 Å². The van der Waals surface area contributed by atoms with Crippen LogP contribution in [0.3, 0.4) is 0 Å². The summed E-state index contributed by atoms with van der Waals surface area (Å²) in [4.78, 5) is 12.1. The van der Waals surface area contributed by atoms with E-state index in [9.17, 15) is 4.79 Å². The number of carbonyl (C=O) groups is 1. The Hall–Kier alpha value is -2.33. The monoisotopic (exact) mass is 296 g/mol. The highest BCUT2D eigenvalue weighted by Gasteiger charge is 2.10. The minimum Gasteiger partial charge on any atom is -0.497 e. The van der Waals surface area contributed by atoms with E-state index in [-0.39, 0.29) is 5.91 Å². The van der Waals surface area contributed by atoms with Crippen LogP contribution in [0.1, 0.15) is 22.3 Å². The molecule has 0 atom stereocenters. The summed E-state index contributed by atoms with van der Waals surface area (Å²) < 4.78 is 5.17. The van der Waals surface area contributed by atoms with Crippen molar-refractivity contribution in [1.82, 2.24) is 10.6 Å². The van der Waals surface area contributed by atoms with Gasteiger partial charge in [-0.1, -0.05) is 30.3 Å². The third kappa shape index (κ3) is 3.46. The van der Waals surface area contributed by atoms with Crippen LogP contribution in [0, 0.1) is 0 Å². The first-order chi connectivity index (χ1) is 10.7. The number of rotatable bonds is 5. The highest BCUT2D eigenvalue weighted by Crippen LogP contribution is 2.17. The number of hydrogen-bond donors (Lipinski definition) is 2. The van der Waals surface area contributed by atoms with E-state index in [4.69, 9.17) is 4.74 Å². The normalized spacial score (nSPS) is 12.8. The molecular weight excluding hydrogens is 276 g/mol. The summed E-state index contributed by atoms with van der Waals surface area (Å²) in [6.45, 7) is 2.43. The highest BCUT2D eigenvalue weighted by atomic mass is 16.5. The van der Waals surface area contributed by atoms with Crippen LogP contribution in [0.2, 0.25) is 0 Å². The second-order valence-corrected chi connectivity index (χ2v) is 5.51. The van der Waals surface area contributed by atoms with Gasteiger partial charge in [0.25, 0.3) is 0 Å². The van der Waals surface area contributed by atoms with E-state index >= 15 is 0 Å². The Labute approximate surface area is 130 Å². The van der Waals surface area contributed by atoms with Crippen molar-refractivity contribution in [2.45, 2.75) is 26.1 Å². The van der Waals surface area contributed by atoms with E-state index in [1.54, 1.807) is 7.11 Å². The number of methoxy groups -OCH3 is 1. The van der Waals surface area contributed by atoms with E-state index in [2.05, 4.69) is 28.8 Å². The third-order valence-electron chi connectivity index (χ3n) is 3.89. The van der Waals surface area contributed by atoms with Crippen molar-refractivity contribution in [2.24, 2.45) is 0 Å². The first kappa shape index (κ1) is 14.6. The molecular formula is C18H20N2O2. The van der Waals surface area contributed by atoms with Gasteiger partial charge in [0.1, 0.15) is 5.75 Å². The molecule has 4 nitrogen and oxygen atoms in total. The number of amides is 1. The van der Waals surface area contributed by atoms with Gasteiger partial charge in [-0.25, -0.2) is 0 Å². The van der Waals surface area contributed by atoms with Crippen LogP contribution in [-0.2, 0) is 30.8 Å². The van der Waals surface area contributed by atoms with Crippen LogP contribution in [0.15, 0.2) is 42.5 Å². The van der Waals surface area contributed by atoms with Gasteiger partial charge in [-0.3, -0.25) is 4.79 Å². The Morgan fingerprint density at radius 3 is 2.86 bits per heavy atom. The fraction of sp³-hybridized carbons (Fsp3) is 0.278. The van der Waals surface area contributed by atoms with Crippen LogP contribution in [0.4, 0.5) is 0 Å². The van der Waals surface area contributed by atoms with Gasteiger partial charge in [0.2, 0.25) is 5.91 Å². The molecule has 1 amide bonds. The molecule has 1 heterocycles. The Morgan fingerprint density at radius 2 is 2.00 bits per heavy atom. The largest absolute Gasteiger partial charge is 0.497 e. The predicted octanol–water partition coefficient (Wildman–Crippen LogP) is 2.16. The summed E-state index contributed by atoms with van der Waals surface area (Å²) in [7, 11) is 1.63. The molecule has 0 spiro atoms. The van der Waals surface area contributed by atoms with Gasteiger partial charge >= 0.3 is 0 Å². The maximum Gasteiger partial charge on any atom is 0.224 e. The van der Waals surface area contributed by atoms with Gasteiger partial charge in [-0.15, -0.1) is 0 Å². The fourth-order valence-electron chi connectivity index (χ4n) is 2.69. The Kier molecular flexibility index (Phi) is 4.39. The van der Waals surface area contributed by atoms with Crippen LogP contribution in [0.5, 0.6) is 5.75 Å². The van der Waals surface area contributed by atoms with Gasteiger partial charge in [0.15, 0.2) is 0 Å². The first-order valence-corrected chi connectivity index (χ1v) is 7.45. The summed E-state index contributed by atoms with van der Waals surface area (Å²) in [5, 5.41) is 6.30. The molecule has 3 rings (SSSR count). The van der Waals surface area contributed by atoms with Gasteiger partial charge in [0.05, 0.1) is 13.5 Å². The second-order valence-electron chi connectivity index (χ2n) is 5.51. The van der Waals surface area contributed by atoms with Gasteiger partial charge in [-0.05, 0) is 34.4 Å². The van der Waals surface area contributed by atoms with Crippen molar-refractivity contribution in [1.29, 1.82) is 0 Å². The van der Waals surface area contributed by atoms with Crippen molar-refractivity contribution < 1.29 is 9.53 Å². The van der Waals surface area contributed by atoms with Gasteiger partial charge in [0, 0.05) is 19.6 Å². The maximum atomic E-state index is 12.1. The summed E-state index contributed by atoms with van der Waals surface area (Å²) in [5.41, 5.74) is 4.78. The van der Waals surface area contributed by atoms with E-state index in [1.807, 2.05) is 24.3 Å². The van der Waals surface area contributed by atoms with E-state index in [1.165, 1.54) is 11.1 Å². The lowest BCUT2D eigenvalue weighted by atomic mass is 10.1. The Balaban J connectivity index is 1.56.